The van der Waals surface area contributed by atoms with Crippen LogP contribution in [-0.2, 0) is 14.8 Å². The van der Waals surface area contributed by atoms with Crippen LogP contribution in [0, 0.1) is 17.6 Å². The third-order valence-electron chi connectivity index (χ3n) is 5.30. The predicted octanol–water partition coefficient (Wildman–Crippen LogP) is 4.14. The standard InChI is InChI=1S/C21H21F5N2O4S/c1-13(15-5-6-18(22)19(23)11-15)27-20(29)14-7-9-28(10-8-14)33(30,31)17-4-2-3-16(12-17)32-21(24,25)26/h2-6,11-14H,7-10H2,1H3,(H,27,29). The summed E-state index contributed by atoms with van der Waals surface area (Å²) in [6, 6.07) is 6.83. The highest BCUT2D eigenvalue weighted by Gasteiger charge is 2.34. The number of sulfonamides is 1. The molecule has 180 valence electrons. The van der Waals surface area contributed by atoms with Crippen molar-refractivity contribution in [3.05, 3.63) is 59.7 Å². The lowest BCUT2D eigenvalue weighted by atomic mass is 9.96. The Bertz CT molecular complexity index is 1120. The van der Waals surface area contributed by atoms with Crippen LogP contribution in [0.3, 0.4) is 0 Å². The first-order valence-electron chi connectivity index (χ1n) is 9.98. The van der Waals surface area contributed by atoms with Crippen molar-refractivity contribution >= 4 is 15.9 Å². The molecule has 0 saturated carbocycles. The second kappa shape index (κ2) is 9.64. The van der Waals surface area contributed by atoms with E-state index in [0.29, 0.717) is 5.56 Å². The van der Waals surface area contributed by atoms with Gasteiger partial charge < -0.3 is 10.1 Å². The zero-order valence-corrected chi connectivity index (χ0v) is 18.2. The molecule has 1 unspecified atom stereocenters. The number of nitrogens with one attached hydrogen (secondary N) is 1. The minimum atomic E-state index is -4.95. The van der Waals surface area contributed by atoms with Crippen molar-refractivity contribution in [2.75, 3.05) is 13.1 Å². The van der Waals surface area contributed by atoms with Crippen molar-refractivity contribution in [3.63, 3.8) is 0 Å². The van der Waals surface area contributed by atoms with Gasteiger partial charge in [-0.2, -0.15) is 4.31 Å². The van der Waals surface area contributed by atoms with Crippen molar-refractivity contribution in [3.8, 4) is 5.75 Å². The van der Waals surface area contributed by atoms with Crippen molar-refractivity contribution in [2.24, 2.45) is 5.92 Å². The highest BCUT2D eigenvalue weighted by molar-refractivity contribution is 7.89. The molecule has 1 saturated heterocycles. The Morgan fingerprint density at radius 3 is 2.36 bits per heavy atom. The lowest BCUT2D eigenvalue weighted by molar-refractivity contribution is -0.274. The maximum Gasteiger partial charge on any atom is 0.573 e. The van der Waals surface area contributed by atoms with E-state index in [0.717, 1.165) is 34.6 Å². The summed E-state index contributed by atoms with van der Waals surface area (Å²) in [5, 5.41) is 2.71. The summed E-state index contributed by atoms with van der Waals surface area (Å²) >= 11 is 0. The fourth-order valence-corrected chi connectivity index (χ4v) is 5.04. The second-order valence-electron chi connectivity index (χ2n) is 7.60. The number of ether oxygens (including phenoxy) is 1. The number of amides is 1. The molecule has 1 aliphatic heterocycles. The van der Waals surface area contributed by atoms with Crippen LogP contribution in [0.4, 0.5) is 22.0 Å². The Morgan fingerprint density at radius 1 is 1.09 bits per heavy atom. The Morgan fingerprint density at radius 2 is 1.76 bits per heavy atom. The monoisotopic (exact) mass is 492 g/mol. The molecular weight excluding hydrogens is 471 g/mol. The lowest BCUT2D eigenvalue weighted by Gasteiger charge is -2.31. The molecule has 0 bridgehead atoms. The molecule has 0 radical (unpaired) electrons. The number of alkyl halides is 3. The predicted molar refractivity (Wildman–Crippen MR) is 108 cm³/mol. The number of benzene rings is 2. The van der Waals surface area contributed by atoms with Gasteiger partial charge >= 0.3 is 6.36 Å². The van der Waals surface area contributed by atoms with Crippen molar-refractivity contribution in [1.82, 2.24) is 9.62 Å². The first kappa shape index (κ1) is 24.9. The number of nitrogens with zero attached hydrogens (tertiary/aromatic N) is 1. The van der Waals surface area contributed by atoms with Gasteiger partial charge in [-0.05, 0) is 49.6 Å². The summed E-state index contributed by atoms with van der Waals surface area (Å²) in [7, 11) is -4.09. The van der Waals surface area contributed by atoms with Gasteiger partial charge in [0.2, 0.25) is 15.9 Å². The highest BCUT2D eigenvalue weighted by atomic mass is 32.2. The van der Waals surface area contributed by atoms with E-state index in [-0.39, 0.29) is 36.7 Å². The molecule has 0 spiro atoms. The summed E-state index contributed by atoms with van der Waals surface area (Å²) in [5.41, 5.74) is 0.378. The quantitative estimate of drug-likeness (QED) is 0.615. The summed E-state index contributed by atoms with van der Waals surface area (Å²) < 4.78 is 94.3. The van der Waals surface area contributed by atoms with Gasteiger partial charge in [0.1, 0.15) is 5.75 Å². The number of piperidine rings is 1. The molecule has 0 aromatic heterocycles. The third kappa shape index (κ3) is 6.20. The summed E-state index contributed by atoms with van der Waals surface area (Å²) in [4.78, 5) is 12.2. The van der Waals surface area contributed by atoms with Crippen molar-refractivity contribution in [2.45, 2.75) is 37.1 Å². The number of halogens is 5. The lowest BCUT2D eigenvalue weighted by Crippen LogP contribution is -2.43. The minimum Gasteiger partial charge on any atom is -0.406 e. The summed E-state index contributed by atoms with van der Waals surface area (Å²) in [6.45, 7) is 1.59. The van der Waals surface area contributed by atoms with Crippen LogP contribution in [0.2, 0.25) is 0 Å². The van der Waals surface area contributed by atoms with Crippen LogP contribution in [0.1, 0.15) is 31.4 Å². The molecule has 12 heteroatoms. The molecule has 1 aliphatic rings. The van der Waals surface area contributed by atoms with Crippen LogP contribution < -0.4 is 10.1 Å². The van der Waals surface area contributed by atoms with Gasteiger partial charge in [0, 0.05) is 25.1 Å². The van der Waals surface area contributed by atoms with Crippen LogP contribution in [0.25, 0.3) is 0 Å². The van der Waals surface area contributed by atoms with Gasteiger partial charge in [-0.1, -0.05) is 12.1 Å². The Labute approximate surface area is 187 Å². The largest absolute Gasteiger partial charge is 0.573 e. The molecule has 1 N–H and O–H groups in total. The van der Waals surface area contributed by atoms with E-state index in [9.17, 15) is 35.2 Å². The molecule has 6 nitrogen and oxygen atoms in total. The first-order valence-corrected chi connectivity index (χ1v) is 11.4. The molecule has 1 atom stereocenters. The van der Waals surface area contributed by atoms with Gasteiger partial charge in [-0.15, -0.1) is 13.2 Å². The van der Waals surface area contributed by atoms with E-state index in [2.05, 4.69) is 10.1 Å². The molecule has 0 aliphatic carbocycles. The molecular formula is C21H21F5N2O4S. The molecule has 2 aromatic rings. The maximum absolute atomic E-state index is 13.4. The fraction of sp³-hybridized carbons (Fsp3) is 0.381. The average molecular weight is 492 g/mol. The van der Waals surface area contributed by atoms with E-state index < -0.39 is 45.7 Å². The number of hydrogen-bond acceptors (Lipinski definition) is 4. The average Bonchev–Trinajstić information content (AvgIpc) is 2.74. The zero-order chi connectivity index (χ0) is 24.4. The molecule has 33 heavy (non-hydrogen) atoms. The Hall–Kier alpha value is -2.73. The third-order valence-corrected chi connectivity index (χ3v) is 7.20. The van der Waals surface area contributed by atoms with Crippen LogP contribution in [0.5, 0.6) is 5.75 Å². The van der Waals surface area contributed by atoms with Gasteiger partial charge in [0.05, 0.1) is 10.9 Å². The second-order valence-corrected chi connectivity index (χ2v) is 9.54. The highest BCUT2D eigenvalue weighted by Crippen LogP contribution is 2.29. The SMILES string of the molecule is CC(NC(=O)C1CCN(S(=O)(=O)c2cccc(OC(F)(F)F)c2)CC1)c1ccc(F)c(F)c1. The number of hydrogen-bond donors (Lipinski definition) is 1. The smallest absolute Gasteiger partial charge is 0.406 e. The molecule has 3 rings (SSSR count). The van der Waals surface area contributed by atoms with Crippen LogP contribution in [-0.4, -0.2) is 38.1 Å². The zero-order valence-electron chi connectivity index (χ0n) is 17.4. The maximum atomic E-state index is 13.4. The minimum absolute atomic E-state index is 0.00959. The summed E-state index contributed by atoms with van der Waals surface area (Å²) in [6.07, 6.45) is -4.58. The first-order chi connectivity index (χ1) is 15.4. The van der Waals surface area contributed by atoms with E-state index in [1.165, 1.54) is 12.1 Å². The van der Waals surface area contributed by atoms with Crippen molar-refractivity contribution in [1.29, 1.82) is 0 Å². The Balaban J connectivity index is 1.61. The molecule has 2 aromatic carbocycles. The van der Waals surface area contributed by atoms with Crippen LogP contribution >= 0.6 is 0 Å². The van der Waals surface area contributed by atoms with E-state index in [1.807, 2.05) is 0 Å². The Kier molecular flexibility index (Phi) is 7.27. The number of carbonyl (C=O) groups excluding carboxylic acids is 1. The van der Waals surface area contributed by atoms with Crippen LogP contribution in [0.15, 0.2) is 47.4 Å². The number of rotatable bonds is 6. The molecule has 1 amide bonds. The number of carbonyl (C=O) groups is 1. The van der Waals surface area contributed by atoms with Crippen molar-refractivity contribution < 1.29 is 39.9 Å². The topological polar surface area (TPSA) is 75.7 Å². The van der Waals surface area contributed by atoms with E-state index >= 15 is 0 Å². The molecule has 1 fully saturated rings. The normalized spacial score (nSPS) is 16.9. The van der Waals surface area contributed by atoms with Gasteiger partial charge in [-0.3, -0.25) is 4.79 Å². The van der Waals surface area contributed by atoms with Gasteiger partial charge in [-0.25, -0.2) is 17.2 Å². The van der Waals surface area contributed by atoms with Gasteiger partial charge in [0.15, 0.2) is 11.6 Å². The fourth-order valence-electron chi connectivity index (χ4n) is 3.54. The van der Waals surface area contributed by atoms with E-state index in [1.54, 1.807) is 6.92 Å². The molecule has 1 heterocycles. The van der Waals surface area contributed by atoms with Gasteiger partial charge in [0.25, 0.3) is 0 Å². The van der Waals surface area contributed by atoms with E-state index in [4.69, 9.17) is 0 Å². The summed E-state index contributed by atoms with van der Waals surface area (Å²) in [5.74, 6) is -3.55.